The smallest absolute Gasteiger partial charge is 0.407 e. The van der Waals surface area contributed by atoms with Gasteiger partial charge in [-0.05, 0) is 108 Å². The lowest BCUT2D eigenvalue weighted by Gasteiger charge is -2.35. The lowest BCUT2D eigenvalue weighted by Crippen LogP contribution is -2.42. The van der Waals surface area contributed by atoms with Gasteiger partial charge in [-0.3, -0.25) is 19.4 Å². The summed E-state index contributed by atoms with van der Waals surface area (Å²) in [6.45, 7) is 6.83. The van der Waals surface area contributed by atoms with E-state index in [9.17, 15) is 9.59 Å². The van der Waals surface area contributed by atoms with Crippen LogP contribution >= 0.6 is 0 Å². The summed E-state index contributed by atoms with van der Waals surface area (Å²) in [5, 5.41) is 7.03. The van der Waals surface area contributed by atoms with E-state index in [0.29, 0.717) is 49.9 Å². The van der Waals surface area contributed by atoms with Gasteiger partial charge in [0.15, 0.2) is 0 Å². The number of pyridine rings is 2. The average Bonchev–Trinajstić information content (AvgIpc) is 3.55. The first-order chi connectivity index (χ1) is 21.2. The van der Waals surface area contributed by atoms with E-state index >= 15 is 0 Å². The summed E-state index contributed by atoms with van der Waals surface area (Å²) in [4.78, 5) is 37.4. The molecule has 5 rings (SSSR count). The number of anilines is 1. The molecule has 0 aliphatic heterocycles. The molecule has 0 atom stereocenters. The molecular formula is C34H46N6O4. The van der Waals surface area contributed by atoms with Crippen LogP contribution in [0.3, 0.4) is 0 Å². The van der Waals surface area contributed by atoms with Gasteiger partial charge in [-0.1, -0.05) is 0 Å². The molecular weight excluding hydrogens is 556 g/mol. The maximum absolute atomic E-state index is 14.2. The minimum Gasteiger partial charge on any atom is -0.495 e. The van der Waals surface area contributed by atoms with Crippen molar-refractivity contribution in [3.8, 4) is 16.9 Å². The fraction of sp³-hybridized carbons (Fsp3) is 0.559. The standard InChI is InChI=1S/C34H46N6O4/c1-22(2)40-21-28(19-37-40)27-16-17-36-32(18-27)39(33(41)26-10-12-29(13-11-26)44-34(42)35-4)20-24-6-8-25(9-7-24)30-14-15-31(43-5)23(3)38-30/h14-19,21-22,24-26,29H,6-13,20H2,1-5H3,(H,35,42). The van der Waals surface area contributed by atoms with E-state index in [1.165, 1.54) is 0 Å². The predicted molar refractivity (Wildman–Crippen MR) is 170 cm³/mol. The van der Waals surface area contributed by atoms with Crippen LogP contribution in [0.25, 0.3) is 11.1 Å². The highest BCUT2D eigenvalue weighted by atomic mass is 16.6. The van der Waals surface area contributed by atoms with Gasteiger partial charge in [-0.25, -0.2) is 9.78 Å². The van der Waals surface area contributed by atoms with Crippen LogP contribution in [0.15, 0.2) is 42.9 Å². The van der Waals surface area contributed by atoms with E-state index in [-0.39, 0.29) is 24.0 Å². The molecule has 3 aromatic rings. The Morgan fingerprint density at radius 3 is 2.43 bits per heavy atom. The molecule has 236 valence electrons. The van der Waals surface area contributed by atoms with E-state index in [1.807, 2.05) is 47.1 Å². The number of hydrogen-bond donors (Lipinski definition) is 1. The Bertz CT molecular complexity index is 1420. The summed E-state index contributed by atoms with van der Waals surface area (Å²) in [7, 11) is 3.24. The molecule has 0 bridgehead atoms. The van der Waals surface area contributed by atoms with Crippen LogP contribution in [0.2, 0.25) is 0 Å². The fourth-order valence-electron chi connectivity index (χ4n) is 6.58. The van der Waals surface area contributed by atoms with Gasteiger partial charge in [0.2, 0.25) is 5.91 Å². The Labute approximate surface area is 260 Å². The molecule has 2 aliphatic carbocycles. The number of rotatable bonds is 9. The number of hydrogen-bond acceptors (Lipinski definition) is 7. The molecule has 2 aliphatic rings. The number of carbonyl (C=O) groups is 2. The quantitative estimate of drug-likeness (QED) is 0.299. The van der Waals surface area contributed by atoms with Crippen molar-refractivity contribution in [3.05, 3.63) is 54.2 Å². The summed E-state index contributed by atoms with van der Waals surface area (Å²) >= 11 is 0. The Morgan fingerprint density at radius 2 is 1.80 bits per heavy atom. The molecule has 0 radical (unpaired) electrons. The summed E-state index contributed by atoms with van der Waals surface area (Å²) < 4.78 is 12.8. The monoisotopic (exact) mass is 602 g/mol. The van der Waals surface area contributed by atoms with Gasteiger partial charge in [-0.2, -0.15) is 5.10 Å². The van der Waals surface area contributed by atoms with Crippen LogP contribution < -0.4 is 15.0 Å². The Morgan fingerprint density at radius 1 is 1.05 bits per heavy atom. The Balaban J connectivity index is 1.32. The van der Waals surface area contributed by atoms with E-state index in [1.54, 1.807) is 20.4 Å². The molecule has 0 spiro atoms. The molecule has 0 unspecified atom stereocenters. The molecule has 10 heteroatoms. The van der Waals surface area contributed by atoms with Crippen molar-refractivity contribution in [1.29, 1.82) is 0 Å². The molecule has 0 aromatic carbocycles. The largest absolute Gasteiger partial charge is 0.495 e. The van der Waals surface area contributed by atoms with Gasteiger partial charge in [0.25, 0.3) is 0 Å². The molecule has 0 saturated heterocycles. The highest BCUT2D eigenvalue weighted by Gasteiger charge is 2.34. The van der Waals surface area contributed by atoms with Crippen LogP contribution in [-0.2, 0) is 9.53 Å². The Kier molecular flexibility index (Phi) is 10.2. The van der Waals surface area contributed by atoms with Crippen molar-refractivity contribution in [2.75, 3.05) is 25.6 Å². The molecule has 2 saturated carbocycles. The highest BCUT2D eigenvalue weighted by Crippen LogP contribution is 2.38. The summed E-state index contributed by atoms with van der Waals surface area (Å²) in [6.07, 6.45) is 12.0. The van der Waals surface area contributed by atoms with E-state index in [2.05, 4.69) is 30.3 Å². The average molecular weight is 603 g/mol. The molecule has 10 nitrogen and oxygen atoms in total. The first-order valence-corrected chi connectivity index (χ1v) is 16.0. The summed E-state index contributed by atoms with van der Waals surface area (Å²) in [5.74, 6) is 2.27. The molecule has 44 heavy (non-hydrogen) atoms. The maximum atomic E-state index is 14.2. The third kappa shape index (κ3) is 7.39. The number of amides is 2. The van der Waals surface area contributed by atoms with Crippen LogP contribution in [0.5, 0.6) is 5.75 Å². The zero-order valence-corrected chi connectivity index (χ0v) is 26.7. The SMILES string of the molecule is CNC(=O)OC1CCC(C(=O)N(CC2CCC(c3ccc(OC)c(C)n3)CC2)c2cc(-c3cnn(C(C)C)c3)ccn2)CC1. The zero-order valence-electron chi connectivity index (χ0n) is 26.7. The highest BCUT2D eigenvalue weighted by molar-refractivity contribution is 5.94. The first kappa shape index (κ1) is 31.5. The van der Waals surface area contributed by atoms with Crippen molar-refractivity contribution in [2.24, 2.45) is 11.8 Å². The van der Waals surface area contributed by atoms with Crippen molar-refractivity contribution in [2.45, 2.75) is 90.2 Å². The number of ether oxygens (including phenoxy) is 2. The lowest BCUT2D eigenvalue weighted by atomic mass is 9.79. The third-order valence-corrected chi connectivity index (χ3v) is 9.24. The predicted octanol–water partition coefficient (Wildman–Crippen LogP) is 6.46. The summed E-state index contributed by atoms with van der Waals surface area (Å²) in [6, 6.07) is 8.37. The van der Waals surface area contributed by atoms with E-state index in [0.717, 1.165) is 53.9 Å². The first-order valence-electron chi connectivity index (χ1n) is 16.0. The topological polar surface area (TPSA) is 111 Å². The Hall–Kier alpha value is -3.95. The number of alkyl carbamates (subject to hydrolysis) is 1. The van der Waals surface area contributed by atoms with Crippen LogP contribution in [-0.4, -0.2) is 58.6 Å². The number of aromatic nitrogens is 4. The normalized spacial score (nSPS) is 22.0. The molecule has 3 heterocycles. The van der Waals surface area contributed by atoms with Gasteiger partial charge >= 0.3 is 6.09 Å². The van der Waals surface area contributed by atoms with Gasteiger partial charge in [0, 0.05) is 55.1 Å². The molecule has 2 amide bonds. The second kappa shape index (κ2) is 14.2. The third-order valence-electron chi connectivity index (χ3n) is 9.24. The number of aryl methyl sites for hydroxylation is 1. The van der Waals surface area contributed by atoms with Gasteiger partial charge in [-0.15, -0.1) is 0 Å². The number of carbonyl (C=O) groups excluding carboxylic acids is 2. The van der Waals surface area contributed by atoms with Gasteiger partial charge < -0.3 is 14.8 Å². The maximum Gasteiger partial charge on any atom is 0.407 e. The van der Waals surface area contributed by atoms with Crippen molar-refractivity contribution in [1.82, 2.24) is 25.1 Å². The van der Waals surface area contributed by atoms with E-state index in [4.69, 9.17) is 19.4 Å². The van der Waals surface area contributed by atoms with E-state index < -0.39 is 6.09 Å². The van der Waals surface area contributed by atoms with Crippen molar-refractivity contribution >= 4 is 17.8 Å². The fourth-order valence-corrected chi connectivity index (χ4v) is 6.58. The van der Waals surface area contributed by atoms with Gasteiger partial charge in [0.1, 0.15) is 17.7 Å². The second-order valence-electron chi connectivity index (χ2n) is 12.5. The summed E-state index contributed by atoms with van der Waals surface area (Å²) in [5.41, 5.74) is 4.04. The minimum atomic E-state index is -0.418. The zero-order chi connectivity index (χ0) is 31.2. The van der Waals surface area contributed by atoms with Crippen LogP contribution in [0.1, 0.15) is 88.6 Å². The number of nitrogens with zero attached hydrogens (tertiary/aromatic N) is 5. The molecule has 1 N–H and O–H groups in total. The number of methoxy groups -OCH3 is 1. The second-order valence-corrected chi connectivity index (χ2v) is 12.5. The lowest BCUT2D eigenvalue weighted by molar-refractivity contribution is -0.124. The van der Waals surface area contributed by atoms with Crippen LogP contribution in [0, 0.1) is 18.8 Å². The minimum absolute atomic E-state index is 0.112. The molecule has 2 fully saturated rings. The van der Waals surface area contributed by atoms with Crippen molar-refractivity contribution in [3.63, 3.8) is 0 Å². The van der Waals surface area contributed by atoms with Crippen LogP contribution in [0.4, 0.5) is 10.6 Å². The number of nitrogens with one attached hydrogen (secondary N) is 1. The molecule has 3 aromatic heterocycles. The van der Waals surface area contributed by atoms with Gasteiger partial charge in [0.05, 0.1) is 19.0 Å². The van der Waals surface area contributed by atoms with Crippen molar-refractivity contribution < 1.29 is 19.1 Å².